The number of sulfone groups is 1. The first-order chi connectivity index (χ1) is 9.54. The second-order valence-electron chi connectivity index (χ2n) is 5.99. The van der Waals surface area contributed by atoms with Gasteiger partial charge in [0.05, 0.1) is 4.90 Å². The fourth-order valence-electron chi connectivity index (χ4n) is 3.48. The Morgan fingerprint density at radius 3 is 2.65 bits per heavy atom. The van der Waals surface area contributed by atoms with Crippen molar-refractivity contribution in [2.75, 3.05) is 12.8 Å². The van der Waals surface area contributed by atoms with Crippen molar-refractivity contribution in [3.8, 4) is 0 Å². The lowest BCUT2D eigenvalue weighted by atomic mass is 9.93. The van der Waals surface area contributed by atoms with Crippen LogP contribution in [0.25, 0.3) is 6.08 Å². The zero-order valence-corrected chi connectivity index (χ0v) is 12.6. The maximum atomic E-state index is 11.4. The Morgan fingerprint density at radius 1 is 1.20 bits per heavy atom. The average Bonchev–Trinajstić information content (AvgIpc) is 2.99. The molecule has 2 fully saturated rings. The van der Waals surface area contributed by atoms with Gasteiger partial charge in [-0.1, -0.05) is 30.7 Å². The van der Waals surface area contributed by atoms with Crippen LogP contribution in [-0.4, -0.2) is 27.3 Å². The highest BCUT2D eigenvalue weighted by molar-refractivity contribution is 7.90. The van der Waals surface area contributed by atoms with Gasteiger partial charge in [-0.05, 0) is 48.9 Å². The molecule has 0 radical (unpaired) electrons. The minimum Gasteiger partial charge on any atom is -0.310 e. The second-order valence-corrected chi connectivity index (χ2v) is 8.00. The van der Waals surface area contributed by atoms with Crippen molar-refractivity contribution in [2.45, 2.75) is 30.2 Å². The van der Waals surface area contributed by atoms with Crippen molar-refractivity contribution >= 4 is 15.9 Å². The highest BCUT2D eigenvalue weighted by atomic mass is 32.2. The van der Waals surface area contributed by atoms with Crippen molar-refractivity contribution in [1.82, 2.24) is 5.32 Å². The molecule has 1 aliphatic heterocycles. The molecule has 3 rings (SSSR count). The van der Waals surface area contributed by atoms with Gasteiger partial charge in [-0.25, -0.2) is 8.42 Å². The molecule has 1 N–H and O–H groups in total. The van der Waals surface area contributed by atoms with Crippen molar-refractivity contribution in [3.05, 3.63) is 35.9 Å². The third-order valence-corrected chi connectivity index (χ3v) is 5.73. The van der Waals surface area contributed by atoms with Gasteiger partial charge in [0.1, 0.15) is 0 Å². The number of benzene rings is 1. The van der Waals surface area contributed by atoms with Crippen LogP contribution < -0.4 is 5.32 Å². The molecule has 20 heavy (non-hydrogen) atoms. The van der Waals surface area contributed by atoms with E-state index in [2.05, 4.69) is 17.5 Å². The van der Waals surface area contributed by atoms with E-state index in [9.17, 15) is 8.42 Å². The molecule has 3 nitrogen and oxygen atoms in total. The van der Waals surface area contributed by atoms with Gasteiger partial charge in [-0.15, -0.1) is 0 Å². The summed E-state index contributed by atoms with van der Waals surface area (Å²) in [6.45, 7) is 1.15. The lowest BCUT2D eigenvalue weighted by molar-refractivity contribution is 0.456. The summed E-state index contributed by atoms with van der Waals surface area (Å²) in [5, 5.41) is 3.58. The maximum absolute atomic E-state index is 11.4. The molecular weight excluding hydrogens is 270 g/mol. The highest BCUT2D eigenvalue weighted by Crippen LogP contribution is 2.38. The van der Waals surface area contributed by atoms with Crippen molar-refractivity contribution in [1.29, 1.82) is 0 Å². The number of hydrogen-bond donors (Lipinski definition) is 1. The SMILES string of the molecule is CS(=O)(=O)c1ccc(/C=C/C2NCC3CCCC32)cc1. The molecule has 1 saturated heterocycles. The molecule has 0 amide bonds. The number of hydrogen-bond acceptors (Lipinski definition) is 3. The Labute approximate surface area is 121 Å². The standard InChI is InChI=1S/C16H21NO2S/c1-20(18,19)14-8-5-12(6-9-14)7-10-16-15-4-2-3-13(15)11-17-16/h5-10,13,15-17H,2-4,11H2,1H3/b10-7+. The Morgan fingerprint density at radius 2 is 1.95 bits per heavy atom. The van der Waals surface area contributed by atoms with E-state index in [-0.39, 0.29) is 0 Å². The number of fused-ring (bicyclic) bond motifs is 1. The molecule has 1 heterocycles. The zero-order chi connectivity index (χ0) is 14.2. The van der Waals surface area contributed by atoms with Gasteiger partial charge in [-0.3, -0.25) is 0 Å². The number of rotatable bonds is 3. The smallest absolute Gasteiger partial charge is 0.175 e. The summed E-state index contributed by atoms with van der Waals surface area (Å²) in [4.78, 5) is 0.379. The van der Waals surface area contributed by atoms with Crippen LogP contribution >= 0.6 is 0 Å². The minimum absolute atomic E-state index is 0.379. The Hall–Kier alpha value is -1.13. The lowest BCUT2D eigenvalue weighted by Crippen LogP contribution is -2.23. The fraction of sp³-hybridized carbons (Fsp3) is 0.500. The van der Waals surface area contributed by atoms with Crippen LogP contribution in [0.5, 0.6) is 0 Å². The van der Waals surface area contributed by atoms with Crippen LogP contribution in [0.3, 0.4) is 0 Å². The van der Waals surface area contributed by atoms with E-state index in [4.69, 9.17) is 0 Å². The first kappa shape index (κ1) is 13.8. The number of nitrogens with one attached hydrogen (secondary N) is 1. The van der Waals surface area contributed by atoms with E-state index < -0.39 is 9.84 Å². The summed E-state index contributed by atoms with van der Waals surface area (Å²) in [5.41, 5.74) is 1.06. The molecule has 1 aliphatic carbocycles. The van der Waals surface area contributed by atoms with Gasteiger partial charge in [0.15, 0.2) is 9.84 Å². The highest BCUT2D eigenvalue weighted by Gasteiger charge is 2.37. The molecule has 108 valence electrons. The van der Waals surface area contributed by atoms with Crippen LogP contribution in [0.1, 0.15) is 24.8 Å². The van der Waals surface area contributed by atoms with Crippen molar-refractivity contribution in [3.63, 3.8) is 0 Å². The molecule has 4 heteroatoms. The van der Waals surface area contributed by atoms with Gasteiger partial charge in [0.25, 0.3) is 0 Å². The molecule has 1 aromatic carbocycles. The van der Waals surface area contributed by atoms with Crippen LogP contribution in [0, 0.1) is 11.8 Å². The van der Waals surface area contributed by atoms with Gasteiger partial charge in [0, 0.05) is 12.3 Å². The molecule has 2 aliphatic rings. The zero-order valence-electron chi connectivity index (χ0n) is 11.7. The summed E-state index contributed by atoms with van der Waals surface area (Å²) >= 11 is 0. The van der Waals surface area contributed by atoms with E-state index >= 15 is 0 Å². The van der Waals surface area contributed by atoms with Crippen molar-refractivity contribution in [2.24, 2.45) is 11.8 Å². The van der Waals surface area contributed by atoms with Crippen LogP contribution in [-0.2, 0) is 9.84 Å². The molecule has 3 unspecified atom stereocenters. The quantitative estimate of drug-likeness (QED) is 0.930. The topological polar surface area (TPSA) is 46.2 Å². The molecule has 0 spiro atoms. The van der Waals surface area contributed by atoms with Gasteiger partial charge in [-0.2, -0.15) is 0 Å². The van der Waals surface area contributed by atoms with E-state index in [1.165, 1.54) is 25.5 Å². The predicted molar refractivity (Wildman–Crippen MR) is 81.2 cm³/mol. The summed E-state index contributed by atoms with van der Waals surface area (Å²) < 4.78 is 22.8. The third-order valence-electron chi connectivity index (χ3n) is 4.60. The first-order valence-electron chi connectivity index (χ1n) is 7.26. The molecule has 1 saturated carbocycles. The van der Waals surface area contributed by atoms with Crippen LogP contribution in [0.4, 0.5) is 0 Å². The third kappa shape index (κ3) is 2.81. The minimum atomic E-state index is -3.10. The maximum Gasteiger partial charge on any atom is 0.175 e. The summed E-state index contributed by atoms with van der Waals surface area (Å²) in [6.07, 6.45) is 9.64. The largest absolute Gasteiger partial charge is 0.310 e. The van der Waals surface area contributed by atoms with Gasteiger partial charge in [0.2, 0.25) is 0 Å². The first-order valence-corrected chi connectivity index (χ1v) is 9.15. The molecule has 0 aromatic heterocycles. The second kappa shape index (κ2) is 5.34. The fourth-order valence-corrected chi connectivity index (χ4v) is 4.11. The monoisotopic (exact) mass is 291 g/mol. The van der Waals surface area contributed by atoms with E-state index in [1.54, 1.807) is 12.1 Å². The molecular formula is C16H21NO2S. The summed E-state index contributed by atoms with van der Waals surface area (Å²) in [7, 11) is -3.10. The van der Waals surface area contributed by atoms with Crippen LogP contribution in [0.2, 0.25) is 0 Å². The Bertz CT molecular complexity index is 604. The van der Waals surface area contributed by atoms with E-state index in [0.29, 0.717) is 10.9 Å². The molecule has 1 aromatic rings. The van der Waals surface area contributed by atoms with E-state index in [0.717, 1.165) is 23.9 Å². The normalized spacial score (nSPS) is 29.9. The lowest BCUT2D eigenvalue weighted by Gasteiger charge is -2.13. The van der Waals surface area contributed by atoms with Crippen molar-refractivity contribution < 1.29 is 8.42 Å². The summed E-state index contributed by atoms with van der Waals surface area (Å²) in [5.74, 6) is 1.65. The van der Waals surface area contributed by atoms with Crippen LogP contribution in [0.15, 0.2) is 35.2 Å². The molecule has 0 bridgehead atoms. The molecule has 3 atom stereocenters. The van der Waals surface area contributed by atoms with Gasteiger partial charge < -0.3 is 5.32 Å². The summed E-state index contributed by atoms with van der Waals surface area (Å²) in [6, 6.07) is 7.57. The predicted octanol–water partition coefficient (Wildman–Crippen LogP) is 2.49. The Kier molecular flexibility index (Phi) is 3.69. The Balaban J connectivity index is 1.70. The van der Waals surface area contributed by atoms with Gasteiger partial charge >= 0.3 is 0 Å². The van der Waals surface area contributed by atoms with E-state index in [1.807, 2.05) is 12.1 Å². The average molecular weight is 291 g/mol.